The summed E-state index contributed by atoms with van der Waals surface area (Å²) in [6.45, 7) is 1.44. The smallest absolute Gasteiger partial charge is 0.230 e. The van der Waals surface area contributed by atoms with E-state index in [9.17, 15) is 9.18 Å². The molecular weight excluding hydrogens is 269 g/mol. The summed E-state index contributed by atoms with van der Waals surface area (Å²) in [5.74, 6) is -0.221. The molecule has 1 fully saturated rings. The van der Waals surface area contributed by atoms with Crippen LogP contribution in [0.1, 0.15) is 18.4 Å². The summed E-state index contributed by atoms with van der Waals surface area (Å²) in [6.07, 6.45) is 3.50. The first-order valence-electron chi connectivity index (χ1n) is 7.23. The second-order valence-electron chi connectivity index (χ2n) is 6.03. The minimum Gasteiger partial charge on any atom is -0.361 e. The lowest BCUT2D eigenvalue weighted by molar-refractivity contribution is -0.123. The van der Waals surface area contributed by atoms with E-state index in [1.165, 1.54) is 12.1 Å². The van der Waals surface area contributed by atoms with Crippen molar-refractivity contribution in [2.75, 3.05) is 27.2 Å². The zero-order valence-corrected chi connectivity index (χ0v) is 12.4. The van der Waals surface area contributed by atoms with Crippen LogP contribution in [0.4, 0.5) is 4.39 Å². The predicted molar refractivity (Wildman–Crippen MR) is 80.7 cm³/mol. The Morgan fingerprint density at radius 2 is 2.19 bits per heavy atom. The molecule has 1 aromatic carbocycles. The van der Waals surface area contributed by atoms with Crippen molar-refractivity contribution in [2.24, 2.45) is 0 Å². The van der Waals surface area contributed by atoms with Gasteiger partial charge in [-0.2, -0.15) is 0 Å². The zero-order chi connectivity index (χ0) is 15.0. The van der Waals surface area contributed by atoms with E-state index in [1.54, 1.807) is 6.07 Å². The average molecular weight is 289 g/mol. The number of hydrogen-bond acceptors (Lipinski definition) is 2. The number of hydrogen-bond donors (Lipinski definition) is 2. The Bertz CT molecular complexity index is 673. The Hall–Kier alpha value is -1.88. The van der Waals surface area contributed by atoms with Gasteiger partial charge in [0.25, 0.3) is 0 Å². The topological polar surface area (TPSA) is 48.1 Å². The number of carbonyl (C=O) groups excluding carboxylic acids is 1. The average Bonchev–Trinajstić information content (AvgIpc) is 3.13. The molecule has 2 N–H and O–H groups in total. The molecule has 4 nitrogen and oxygen atoms in total. The number of H-pyrrole nitrogens is 1. The third-order valence-electron chi connectivity index (χ3n) is 4.19. The summed E-state index contributed by atoms with van der Waals surface area (Å²) < 4.78 is 13.5. The van der Waals surface area contributed by atoms with Gasteiger partial charge in [-0.05, 0) is 50.7 Å². The number of aromatic amines is 1. The Balaban J connectivity index is 1.84. The van der Waals surface area contributed by atoms with Crippen LogP contribution in [0.15, 0.2) is 24.4 Å². The summed E-state index contributed by atoms with van der Waals surface area (Å²) in [5, 5.41) is 3.81. The molecule has 0 atom stereocenters. The van der Waals surface area contributed by atoms with Crippen LogP contribution in [0.25, 0.3) is 10.9 Å². The van der Waals surface area contributed by atoms with Gasteiger partial charge in [-0.25, -0.2) is 4.39 Å². The van der Waals surface area contributed by atoms with Gasteiger partial charge in [0.05, 0.1) is 5.41 Å². The van der Waals surface area contributed by atoms with Gasteiger partial charge < -0.3 is 15.2 Å². The minimum atomic E-state index is -0.474. The highest BCUT2D eigenvalue weighted by Gasteiger charge is 2.52. The van der Waals surface area contributed by atoms with E-state index in [0.717, 1.165) is 35.9 Å². The van der Waals surface area contributed by atoms with Gasteiger partial charge in [0.1, 0.15) is 5.82 Å². The van der Waals surface area contributed by atoms with Crippen molar-refractivity contribution >= 4 is 16.8 Å². The van der Waals surface area contributed by atoms with Crippen molar-refractivity contribution in [1.29, 1.82) is 0 Å². The second kappa shape index (κ2) is 5.15. The SMILES string of the molecule is CN(C)CCNC(=O)C1(c2c[nH]c3ccc(F)cc23)CC1. The Labute approximate surface area is 123 Å². The Morgan fingerprint density at radius 1 is 1.43 bits per heavy atom. The van der Waals surface area contributed by atoms with Crippen molar-refractivity contribution in [1.82, 2.24) is 15.2 Å². The van der Waals surface area contributed by atoms with E-state index in [1.807, 2.05) is 25.2 Å². The van der Waals surface area contributed by atoms with Crippen molar-refractivity contribution < 1.29 is 9.18 Å². The van der Waals surface area contributed by atoms with E-state index in [-0.39, 0.29) is 11.7 Å². The van der Waals surface area contributed by atoms with Crippen LogP contribution < -0.4 is 5.32 Å². The number of nitrogens with zero attached hydrogens (tertiary/aromatic N) is 1. The monoisotopic (exact) mass is 289 g/mol. The van der Waals surface area contributed by atoms with E-state index in [4.69, 9.17) is 0 Å². The fourth-order valence-corrected chi connectivity index (χ4v) is 2.79. The number of likely N-dealkylation sites (N-methyl/N-ethyl adjacent to an activating group) is 1. The van der Waals surface area contributed by atoms with Gasteiger partial charge in [-0.1, -0.05) is 0 Å². The molecule has 0 radical (unpaired) electrons. The number of amides is 1. The minimum absolute atomic E-state index is 0.0505. The molecule has 0 aliphatic heterocycles. The highest BCUT2D eigenvalue weighted by Crippen LogP contribution is 2.50. The highest BCUT2D eigenvalue weighted by molar-refractivity contribution is 5.97. The number of aromatic nitrogens is 1. The molecule has 1 saturated carbocycles. The lowest BCUT2D eigenvalue weighted by Gasteiger charge is -2.16. The van der Waals surface area contributed by atoms with Crippen LogP contribution in [0.2, 0.25) is 0 Å². The molecule has 112 valence electrons. The Kier molecular flexibility index (Phi) is 3.45. The first-order chi connectivity index (χ1) is 10.0. The Morgan fingerprint density at radius 3 is 2.86 bits per heavy atom. The standard InChI is InChI=1S/C16H20FN3O/c1-20(2)8-7-18-15(21)16(5-6-16)13-10-19-14-4-3-11(17)9-12(13)14/h3-4,9-10,19H,5-8H2,1-2H3,(H,18,21). The van der Waals surface area contributed by atoms with Gasteiger partial charge >= 0.3 is 0 Å². The maximum atomic E-state index is 13.5. The number of carbonyl (C=O) groups is 1. The van der Waals surface area contributed by atoms with Gasteiger partial charge in [0.15, 0.2) is 0 Å². The van der Waals surface area contributed by atoms with Crippen LogP contribution in [0, 0.1) is 5.82 Å². The second-order valence-corrected chi connectivity index (χ2v) is 6.03. The van der Waals surface area contributed by atoms with Gasteiger partial charge in [0.2, 0.25) is 5.91 Å². The summed E-state index contributed by atoms with van der Waals surface area (Å²) >= 11 is 0. The molecule has 3 rings (SSSR count). The van der Waals surface area contributed by atoms with E-state index in [2.05, 4.69) is 10.3 Å². The summed E-state index contributed by atoms with van der Waals surface area (Å²) in [7, 11) is 3.95. The van der Waals surface area contributed by atoms with Crippen LogP contribution >= 0.6 is 0 Å². The maximum Gasteiger partial charge on any atom is 0.230 e. The number of halogens is 1. The molecular formula is C16H20FN3O. The lowest BCUT2D eigenvalue weighted by Crippen LogP contribution is -2.38. The van der Waals surface area contributed by atoms with Crippen LogP contribution in [-0.2, 0) is 10.2 Å². The number of rotatable bonds is 5. The van der Waals surface area contributed by atoms with E-state index < -0.39 is 5.41 Å². The van der Waals surface area contributed by atoms with Crippen molar-refractivity contribution in [2.45, 2.75) is 18.3 Å². The molecule has 21 heavy (non-hydrogen) atoms. The van der Waals surface area contributed by atoms with Crippen LogP contribution in [0.3, 0.4) is 0 Å². The van der Waals surface area contributed by atoms with Crippen molar-refractivity contribution in [3.05, 3.63) is 35.8 Å². The van der Waals surface area contributed by atoms with Gasteiger partial charge in [-0.3, -0.25) is 4.79 Å². The number of fused-ring (bicyclic) bond motifs is 1. The molecule has 2 aromatic rings. The third kappa shape index (κ3) is 2.53. The third-order valence-corrected chi connectivity index (χ3v) is 4.19. The first-order valence-corrected chi connectivity index (χ1v) is 7.23. The van der Waals surface area contributed by atoms with E-state index in [0.29, 0.717) is 6.54 Å². The fourth-order valence-electron chi connectivity index (χ4n) is 2.79. The van der Waals surface area contributed by atoms with Crippen LogP contribution in [0.5, 0.6) is 0 Å². The fraction of sp³-hybridized carbons (Fsp3) is 0.438. The molecule has 1 heterocycles. The van der Waals surface area contributed by atoms with Crippen LogP contribution in [-0.4, -0.2) is 43.0 Å². The molecule has 0 unspecified atom stereocenters. The molecule has 1 amide bonds. The van der Waals surface area contributed by atoms with Crippen molar-refractivity contribution in [3.63, 3.8) is 0 Å². The summed E-state index contributed by atoms with van der Waals surface area (Å²) in [5.41, 5.74) is 1.32. The molecule has 1 aliphatic rings. The van der Waals surface area contributed by atoms with Crippen molar-refractivity contribution in [3.8, 4) is 0 Å². The largest absolute Gasteiger partial charge is 0.361 e. The number of benzene rings is 1. The highest BCUT2D eigenvalue weighted by atomic mass is 19.1. The molecule has 5 heteroatoms. The normalized spacial score (nSPS) is 16.4. The quantitative estimate of drug-likeness (QED) is 0.884. The number of nitrogens with one attached hydrogen (secondary N) is 2. The molecule has 0 bridgehead atoms. The first kappa shape index (κ1) is 14.1. The summed E-state index contributed by atoms with van der Waals surface area (Å²) in [4.78, 5) is 17.7. The molecule has 1 aromatic heterocycles. The molecule has 1 aliphatic carbocycles. The van der Waals surface area contributed by atoms with Gasteiger partial charge in [0, 0.05) is 30.2 Å². The summed E-state index contributed by atoms with van der Waals surface area (Å²) in [6, 6.07) is 4.65. The predicted octanol–water partition coefficient (Wildman–Crippen LogP) is 2.02. The zero-order valence-electron chi connectivity index (χ0n) is 12.4. The molecule has 0 spiro atoms. The molecule has 0 saturated heterocycles. The van der Waals surface area contributed by atoms with E-state index >= 15 is 0 Å². The lowest BCUT2D eigenvalue weighted by atomic mass is 9.94. The van der Waals surface area contributed by atoms with Gasteiger partial charge in [-0.15, -0.1) is 0 Å². The maximum absolute atomic E-state index is 13.5.